The predicted octanol–water partition coefficient (Wildman–Crippen LogP) is 5.33. The first-order chi connectivity index (χ1) is 17.4. The molecule has 0 bridgehead atoms. The Labute approximate surface area is 211 Å². The Kier molecular flexibility index (Phi) is 7.43. The van der Waals surface area contributed by atoms with Gasteiger partial charge in [-0.2, -0.15) is 10.1 Å². The summed E-state index contributed by atoms with van der Waals surface area (Å²) in [5, 5.41) is 8.70. The zero-order valence-electron chi connectivity index (χ0n) is 21.6. The van der Waals surface area contributed by atoms with E-state index >= 15 is 0 Å². The number of rotatable bonds is 9. The number of nitrogens with one attached hydrogen (secondary N) is 1. The molecular formula is C28H32N4O4. The smallest absolute Gasteiger partial charge is 0.224 e. The van der Waals surface area contributed by atoms with Crippen LogP contribution in [0.25, 0.3) is 16.7 Å². The van der Waals surface area contributed by atoms with Crippen molar-refractivity contribution in [1.82, 2.24) is 14.8 Å². The molecule has 0 saturated carbocycles. The van der Waals surface area contributed by atoms with E-state index < -0.39 is 0 Å². The maximum atomic E-state index is 12.9. The van der Waals surface area contributed by atoms with Crippen molar-refractivity contribution >= 4 is 22.6 Å². The molecule has 4 aromatic rings. The number of anilines is 1. The first-order valence-electron chi connectivity index (χ1n) is 12.0. The zero-order valence-corrected chi connectivity index (χ0v) is 21.6. The molecule has 2 heterocycles. The van der Waals surface area contributed by atoms with Crippen LogP contribution in [0.3, 0.4) is 0 Å². The molecule has 0 atom stereocenters. The molecule has 4 rings (SSSR count). The average molecular weight is 489 g/mol. The number of carbonyl (C=O) groups is 1. The number of pyridine rings is 1. The highest BCUT2D eigenvalue weighted by molar-refractivity contribution is 5.93. The topological polar surface area (TPSA) is 87.5 Å². The second kappa shape index (κ2) is 10.7. The first-order valence-corrected chi connectivity index (χ1v) is 12.0. The number of hydrogen-bond donors (Lipinski definition) is 1. The highest BCUT2D eigenvalue weighted by Crippen LogP contribution is 2.33. The number of nitrogens with zero attached hydrogens (tertiary/aromatic N) is 3. The number of methoxy groups -OCH3 is 2. The summed E-state index contributed by atoms with van der Waals surface area (Å²) in [6.45, 7) is 8.48. The van der Waals surface area contributed by atoms with Crippen LogP contribution in [0, 0.1) is 20.8 Å². The van der Waals surface area contributed by atoms with E-state index in [2.05, 4.69) is 24.4 Å². The molecule has 0 aliphatic carbocycles. The van der Waals surface area contributed by atoms with Gasteiger partial charge in [-0.25, -0.2) is 4.68 Å². The lowest BCUT2D eigenvalue weighted by molar-refractivity contribution is -0.116. The van der Waals surface area contributed by atoms with E-state index in [0.717, 1.165) is 39.1 Å². The van der Waals surface area contributed by atoms with Gasteiger partial charge in [0.15, 0.2) is 5.65 Å². The van der Waals surface area contributed by atoms with Gasteiger partial charge in [-0.15, -0.1) is 0 Å². The van der Waals surface area contributed by atoms with Gasteiger partial charge in [-0.3, -0.25) is 4.79 Å². The lowest BCUT2D eigenvalue weighted by Crippen LogP contribution is -2.14. The monoisotopic (exact) mass is 488 g/mol. The number of benzene rings is 2. The van der Waals surface area contributed by atoms with Gasteiger partial charge in [0.05, 0.1) is 37.9 Å². The van der Waals surface area contributed by atoms with Gasteiger partial charge in [-0.05, 0) is 69.5 Å². The van der Waals surface area contributed by atoms with Crippen molar-refractivity contribution in [3.63, 3.8) is 0 Å². The Balaban J connectivity index is 1.64. The SMILES string of the molecule is CCOc1nc2c(c(C)nn2-c2cccc(C)c2)c(C)c1CCC(=O)Nc1ccc(OC)cc1OC. The van der Waals surface area contributed by atoms with Crippen molar-refractivity contribution in [2.45, 2.75) is 40.5 Å². The molecule has 8 nitrogen and oxygen atoms in total. The maximum Gasteiger partial charge on any atom is 0.224 e. The molecule has 1 N–H and O–H groups in total. The van der Waals surface area contributed by atoms with Crippen LogP contribution in [0.15, 0.2) is 42.5 Å². The van der Waals surface area contributed by atoms with Crippen molar-refractivity contribution in [2.75, 3.05) is 26.1 Å². The van der Waals surface area contributed by atoms with E-state index in [-0.39, 0.29) is 12.3 Å². The van der Waals surface area contributed by atoms with Gasteiger partial charge < -0.3 is 19.5 Å². The van der Waals surface area contributed by atoms with Gasteiger partial charge in [-0.1, -0.05) is 12.1 Å². The molecule has 0 aliphatic rings. The Morgan fingerprint density at radius 2 is 1.86 bits per heavy atom. The van der Waals surface area contributed by atoms with Crippen LogP contribution < -0.4 is 19.5 Å². The standard InChI is InChI=1S/C28H32N4O4/c1-7-36-28-22(12-14-25(33)29-23-13-11-21(34-5)16-24(23)35-6)18(3)26-19(4)31-32(27(26)30-28)20-10-8-9-17(2)15-20/h8-11,13,15-16H,7,12,14H2,1-6H3,(H,29,33). The predicted molar refractivity (Wildman–Crippen MR) is 141 cm³/mol. The largest absolute Gasteiger partial charge is 0.497 e. The third-order valence-corrected chi connectivity index (χ3v) is 6.14. The van der Waals surface area contributed by atoms with Crippen LogP contribution in [0.1, 0.15) is 35.7 Å². The van der Waals surface area contributed by atoms with Crippen molar-refractivity contribution in [2.24, 2.45) is 0 Å². The lowest BCUT2D eigenvalue weighted by atomic mass is 10.0. The Morgan fingerprint density at radius 1 is 1.06 bits per heavy atom. The molecular weight excluding hydrogens is 456 g/mol. The summed E-state index contributed by atoms with van der Waals surface area (Å²) >= 11 is 0. The molecule has 0 aliphatic heterocycles. The van der Waals surface area contributed by atoms with Gasteiger partial charge in [0.2, 0.25) is 11.8 Å². The van der Waals surface area contributed by atoms with Crippen molar-refractivity contribution in [3.05, 3.63) is 64.8 Å². The van der Waals surface area contributed by atoms with Crippen molar-refractivity contribution in [3.8, 4) is 23.1 Å². The average Bonchev–Trinajstić information content (AvgIpc) is 3.20. The number of aromatic nitrogens is 3. The summed E-state index contributed by atoms with van der Waals surface area (Å²) in [5.74, 6) is 1.60. The molecule has 0 fully saturated rings. The summed E-state index contributed by atoms with van der Waals surface area (Å²) in [6.07, 6.45) is 0.734. The number of amides is 1. The number of ether oxygens (including phenoxy) is 3. The fourth-order valence-electron chi connectivity index (χ4n) is 4.38. The van der Waals surface area contributed by atoms with Crippen LogP contribution in [-0.4, -0.2) is 41.5 Å². The van der Waals surface area contributed by atoms with Crippen molar-refractivity contribution < 1.29 is 19.0 Å². The molecule has 0 saturated heterocycles. The number of hydrogen-bond acceptors (Lipinski definition) is 6. The molecule has 188 valence electrons. The van der Waals surface area contributed by atoms with Gasteiger partial charge in [0.25, 0.3) is 0 Å². The summed E-state index contributed by atoms with van der Waals surface area (Å²) in [4.78, 5) is 17.7. The van der Waals surface area contributed by atoms with Crippen LogP contribution in [0.4, 0.5) is 5.69 Å². The number of carbonyl (C=O) groups excluding carboxylic acids is 1. The maximum absolute atomic E-state index is 12.9. The normalized spacial score (nSPS) is 10.9. The minimum Gasteiger partial charge on any atom is -0.497 e. The second-order valence-electron chi connectivity index (χ2n) is 8.60. The molecule has 0 spiro atoms. The zero-order chi connectivity index (χ0) is 25.8. The molecule has 1 amide bonds. The van der Waals surface area contributed by atoms with Crippen LogP contribution >= 0.6 is 0 Å². The van der Waals surface area contributed by atoms with Crippen LogP contribution in [-0.2, 0) is 11.2 Å². The van der Waals surface area contributed by atoms with Gasteiger partial charge in [0.1, 0.15) is 11.5 Å². The second-order valence-corrected chi connectivity index (χ2v) is 8.60. The molecule has 36 heavy (non-hydrogen) atoms. The van der Waals surface area contributed by atoms with E-state index in [0.29, 0.717) is 36.1 Å². The first kappa shape index (κ1) is 25.0. The van der Waals surface area contributed by atoms with E-state index in [1.807, 2.05) is 37.6 Å². The minimum absolute atomic E-state index is 0.132. The van der Waals surface area contributed by atoms with Crippen molar-refractivity contribution in [1.29, 1.82) is 0 Å². The summed E-state index contributed by atoms with van der Waals surface area (Å²) < 4.78 is 18.4. The third-order valence-electron chi connectivity index (χ3n) is 6.14. The molecule has 0 unspecified atom stereocenters. The summed E-state index contributed by atoms with van der Waals surface area (Å²) in [5.41, 5.74) is 6.25. The Hall–Kier alpha value is -4.07. The summed E-state index contributed by atoms with van der Waals surface area (Å²) in [7, 11) is 3.14. The lowest BCUT2D eigenvalue weighted by Gasteiger charge is -2.15. The Bertz CT molecular complexity index is 1410. The Morgan fingerprint density at radius 3 is 2.56 bits per heavy atom. The minimum atomic E-state index is -0.132. The van der Waals surface area contributed by atoms with E-state index in [1.165, 1.54) is 0 Å². The molecule has 0 radical (unpaired) electrons. The fraction of sp³-hybridized carbons (Fsp3) is 0.321. The van der Waals surface area contributed by atoms with E-state index in [1.54, 1.807) is 32.4 Å². The number of aryl methyl sites for hydroxylation is 3. The van der Waals surface area contributed by atoms with Crippen LogP contribution in [0.5, 0.6) is 17.4 Å². The van der Waals surface area contributed by atoms with Gasteiger partial charge in [0, 0.05) is 23.4 Å². The highest BCUT2D eigenvalue weighted by atomic mass is 16.5. The van der Waals surface area contributed by atoms with Gasteiger partial charge >= 0.3 is 0 Å². The third kappa shape index (κ3) is 4.98. The molecule has 2 aromatic heterocycles. The fourth-order valence-corrected chi connectivity index (χ4v) is 4.38. The molecule has 2 aromatic carbocycles. The quantitative estimate of drug-likeness (QED) is 0.343. The molecule has 8 heteroatoms. The summed E-state index contributed by atoms with van der Waals surface area (Å²) in [6, 6.07) is 13.4. The van der Waals surface area contributed by atoms with Crippen LogP contribution in [0.2, 0.25) is 0 Å². The highest BCUT2D eigenvalue weighted by Gasteiger charge is 2.21. The van der Waals surface area contributed by atoms with E-state index in [9.17, 15) is 4.79 Å². The number of fused-ring (bicyclic) bond motifs is 1. The van der Waals surface area contributed by atoms with E-state index in [4.69, 9.17) is 24.3 Å².